The van der Waals surface area contributed by atoms with Gasteiger partial charge in [0, 0.05) is 0 Å². The molecule has 0 aliphatic carbocycles. The first kappa shape index (κ1) is 22.3. The summed E-state index contributed by atoms with van der Waals surface area (Å²) in [6, 6.07) is 20.6. The molecule has 3 aromatic carbocycles. The number of thioether (sulfide) groups is 1. The van der Waals surface area contributed by atoms with Gasteiger partial charge >= 0.3 is 0 Å². The normalized spacial score (nSPS) is 14.8. The molecule has 3 aromatic rings. The van der Waals surface area contributed by atoms with E-state index in [9.17, 15) is 9.18 Å². The first-order valence-electron chi connectivity index (χ1n) is 9.65. The lowest BCUT2D eigenvalue weighted by molar-refractivity contribution is -0.113. The van der Waals surface area contributed by atoms with Crippen LogP contribution in [0.15, 0.2) is 77.7 Å². The van der Waals surface area contributed by atoms with Crippen LogP contribution in [0.5, 0.6) is 11.5 Å². The SMILES string of the molecule is O=C1/C(=C/c2ccc(OCCOc3ccccc3Cl)cc2)SC(=S)N1c1ccccc1F. The minimum atomic E-state index is -0.495. The maximum Gasteiger partial charge on any atom is 0.270 e. The highest BCUT2D eigenvalue weighted by atomic mass is 35.5. The van der Waals surface area contributed by atoms with Crippen molar-refractivity contribution in [2.24, 2.45) is 0 Å². The predicted octanol–water partition coefficient (Wildman–Crippen LogP) is 6.34. The van der Waals surface area contributed by atoms with Gasteiger partial charge in [-0.05, 0) is 48.0 Å². The Morgan fingerprint density at radius 2 is 1.66 bits per heavy atom. The molecule has 32 heavy (non-hydrogen) atoms. The van der Waals surface area contributed by atoms with Crippen LogP contribution in [-0.2, 0) is 4.79 Å². The van der Waals surface area contributed by atoms with Gasteiger partial charge in [-0.1, -0.05) is 72.0 Å². The van der Waals surface area contributed by atoms with Crippen molar-refractivity contribution >= 4 is 57.6 Å². The van der Waals surface area contributed by atoms with Crippen molar-refractivity contribution < 1.29 is 18.7 Å². The average molecular weight is 486 g/mol. The number of rotatable bonds is 7. The van der Waals surface area contributed by atoms with Gasteiger partial charge in [0.2, 0.25) is 0 Å². The van der Waals surface area contributed by atoms with Crippen molar-refractivity contribution in [1.29, 1.82) is 0 Å². The number of benzene rings is 3. The maximum absolute atomic E-state index is 14.1. The Kier molecular flexibility index (Phi) is 7.09. The molecule has 0 saturated carbocycles. The Balaban J connectivity index is 1.36. The fourth-order valence-electron chi connectivity index (χ4n) is 2.99. The summed E-state index contributed by atoms with van der Waals surface area (Å²) in [5, 5.41) is 0.553. The zero-order valence-electron chi connectivity index (χ0n) is 16.7. The highest BCUT2D eigenvalue weighted by Crippen LogP contribution is 2.37. The molecule has 4 rings (SSSR count). The molecular formula is C24H17ClFNO3S2. The number of para-hydroxylation sites is 2. The van der Waals surface area contributed by atoms with Crippen molar-refractivity contribution in [2.45, 2.75) is 0 Å². The van der Waals surface area contributed by atoms with Crippen LogP contribution in [-0.4, -0.2) is 23.4 Å². The molecular weight excluding hydrogens is 469 g/mol. The number of amides is 1. The summed E-state index contributed by atoms with van der Waals surface area (Å²) >= 11 is 12.5. The van der Waals surface area contributed by atoms with E-state index in [-0.39, 0.29) is 11.6 Å². The van der Waals surface area contributed by atoms with E-state index < -0.39 is 5.82 Å². The quantitative estimate of drug-likeness (QED) is 0.222. The van der Waals surface area contributed by atoms with Crippen LogP contribution in [0.25, 0.3) is 6.08 Å². The van der Waals surface area contributed by atoms with E-state index in [0.717, 1.165) is 17.3 Å². The van der Waals surface area contributed by atoms with Crippen molar-refractivity contribution in [3.8, 4) is 11.5 Å². The molecule has 1 aliphatic rings. The topological polar surface area (TPSA) is 38.8 Å². The highest BCUT2D eigenvalue weighted by Gasteiger charge is 2.34. The maximum atomic E-state index is 14.1. The number of ether oxygens (including phenoxy) is 2. The van der Waals surface area contributed by atoms with Gasteiger partial charge < -0.3 is 9.47 Å². The van der Waals surface area contributed by atoms with Crippen molar-refractivity contribution in [2.75, 3.05) is 18.1 Å². The van der Waals surface area contributed by atoms with Crippen LogP contribution >= 0.6 is 35.6 Å². The van der Waals surface area contributed by atoms with Gasteiger partial charge in [-0.3, -0.25) is 9.69 Å². The zero-order valence-corrected chi connectivity index (χ0v) is 19.1. The van der Waals surface area contributed by atoms with Gasteiger partial charge in [-0.25, -0.2) is 4.39 Å². The van der Waals surface area contributed by atoms with E-state index in [1.165, 1.54) is 17.0 Å². The minimum absolute atomic E-state index is 0.154. The Morgan fingerprint density at radius 1 is 0.969 bits per heavy atom. The Hall–Kier alpha value is -2.87. The summed E-state index contributed by atoms with van der Waals surface area (Å²) in [6.07, 6.45) is 1.73. The molecule has 0 spiro atoms. The zero-order chi connectivity index (χ0) is 22.5. The molecule has 1 fully saturated rings. The number of anilines is 1. The molecule has 0 atom stereocenters. The van der Waals surface area contributed by atoms with Crippen molar-refractivity contribution in [3.05, 3.63) is 94.1 Å². The van der Waals surface area contributed by atoms with Gasteiger partial charge in [-0.15, -0.1) is 0 Å². The lowest BCUT2D eigenvalue weighted by atomic mass is 10.2. The molecule has 162 valence electrons. The summed E-state index contributed by atoms with van der Waals surface area (Å²) in [7, 11) is 0. The van der Waals surface area contributed by atoms with Crippen LogP contribution in [0.1, 0.15) is 5.56 Å². The molecule has 1 amide bonds. The molecule has 0 radical (unpaired) electrons. The first-order chi connectivity index (χ1) is 15.5. The van der Waals surface area contributed by atoms with E-state index in [2.05, 4.69) is 0 Å². The largest absolute Gasteiger partial charge is 0.490 e. The molecule has 4 nitrogen and oxygen atoms in total. The summed E-state index contributed by atoms with van der Waals surface area (Å²) < 4.78 is 25.7. The van der Waals surface area contributed by atoms with Crippen LogP contribution in [0, 0.1) is 5.82 Å². The summed E-state index contributed by atoms with van der Waals surface area (Å²) in [6.45, 7) is 0.704. The molecule has 0 unspecified atom stereocenters. The number of halogens is 2. The van der Waals surface area contributed by atoms with Crippen molar-refractivity contribution in [1.82, 2.24) is 0 Å². The molecule has 8 heteroatoms. The second-order valence-electron chi connectivity index (χ2n) is 6.66. The second-order valence-corrected chi connectivity index (χ2v) is 8.75. The number of hydrogen-bond donors (Lipinski definition) is 0. The van der Waals surface area contributed by atoms with Crippen LogP contribution in [0.3, 0.4) is 0 Å². The van der Waals surface area contributed by atoms with Crippen molar-refractivity contribution in [3.63, 3.8) is 0 Å². The van der Waals surface area contributed by atoms with E-state index in [0.29, 0.717) is 39.0 Å². The van der Waals surface area contributed by atoms with Gasteiger partial charge in [0.1, 0.15) is 30.5 Å². The van der Waals surface area contributed by atoms with E-state index in [4.69, 9.17) is 33.3 Å². The number of thiocarbonyl (C=S) groups is 1. The molecule has 1 heterocycles. The number of nitrogens with zero attached hydrogens (tertiary/aromatic N) is 1. The molecule has 0 aromatic heterocycles. The fourth-order valence-corrected chi connectivity index (χ4v) is 4.47. The Bertz CT molecular complexity index is 1180. The summed E-state index contributed by atoms with van der Waals surface area (Å²) in [5.41, 5.74) is 0.958. The predicted molar refractivity (Wildman–Crippen MR) is 131 cm³/mol. The second kappa shape index (κ2) is 10.2. The summed E-state index contributed by atoms with van der Waals surface area (Å²) in [4.78, 5) is 14.4. The lowest BCUT2D eigenvalue weighted by Crippen LogP contribution is -2.28. The van der Waals surface area contributed by atoms with Crippen LogP contribution in [0.2, 0.25) is 5.02 Å². The van der Waals surface area contributed by atoms with Crippen LogP contribution in [0.4, 0.5) is 10.1 Å². The van der Waals surface area contributed by atoms with Gasteiger partial charge in [-0.2, -0.15) is 0 Å². The standard InChI is InChI=1S/C24H17ClFNO3S2/c25-18-5-1-4-8-21(18)30-14-13-29-17-11-9-16(10-12-17)15-22-23(28)27(24(31)32-22)20-7-3-2-6-19(20)26/h1-12,15H,13-14H2/b22-15-. The number of hydrogen-bond acceptors (Lipinski definition) is 5. The third-order valence-corrected chi connectivity index (χ3v) is 6.13. The molecule has 1 saturated heterocycles. The van der Waals surface area contributed by atoms with Gasteiger partial charge in [0.25, 0.3) is 5.91 Å². The van der Waals surface area contributed by atoms with E-state index in [1.807, 2.05) is 24.3 Å². The third kappa shape index (κ3) is 5.12. The Labute approximate surface area is 199 Å². The average Bonchev–Trinajstić information content (AvgIpc) is 3.06. The fraction of sp³-hybridized carbons (Fsp3) is 0.0833. The van der Waals surface area contributed by atoms with Gasteiger partial charge in [0.15, 0.2) is 4.32 Å². The monoisotopic (exact) mass is 485 g/mol. The number of carbonyl (C=O) groups excluding carboxylic acids is 1. The first-order valence-corrected chi connectivity index (χ1v) is 11.3. The van der Waals surface area contributed by atoms with Gasteiger partial charge in [0.05, 0.1) is 15.6 Å². The summed E-state index contributed by atoms with van der Waals surface area (Å²) in [5.74, 6) is 0.442. The minimum Gasteiger partial charge on any atom is -0.490 e. The van der Waals surface area contributed by atoms with E-state index >= 15 is 0 Å². The Morgan fingerprint density at radius 3 is 2.41 bits per heavy atom. The molecule has 0 N–H and O–H groups in total. The lowest BCUT2D eigenvalue weighted by Gasteiger charge is -2.14. The smallest absolute Gasteiger partial charge is 0.270 e. The molecule has 0 bridgehead atoms. The number of carbonyl (C=O) groups is 1. The van der Waals surface area contributed by atoms with Crippen LogP contribution < -0.4 is 14.4 Å². The highest BCUT2D eigenvalue weighted by molar-refractivity contribution is 8.27. The molecule has 1 aliphatic heterocycles. The third-order valence-electron chi connectivity index (χ3n) is 4.51. The van der Waals surface area contributed by atoms with E-state index in [1.54, 1.807) is 42.5 Å².